The number of hydrogen-bond acceptors (Lipinski definition) is 3. The third-order valence-corrected chi connectivity index (χ3v) is 3.65. The van der Waals surface area contributed by atoms with Crippen LogP contribution in [0.3, 0.4) is 0 Å². The monoisotopic (exact) mass is 338 g/mol. The minimum atomic E-state index is -0.453. The number of halogens is 2. The van der Waals surface area contributed by atoms with Gasteiger partial charge in [-0.15, -0.1) is 0 Å². The highest BCUT2D eigenvalue weighted by Crippen LogP contribution is 2.31. The third kappa shape index (κ3) is 3.17. The molecule has 0 fully saturated rings. The fraction of sp³-hybridized carbons (Fsp3) is 0.200. The lowest BCUT2D eigenvalue weighted by Gasteiger charge is -2.19. The molecular weight excluding hydrogens is 323 g/mol. The van der Waals surface area contributed by atoms with Gasteiger partial charge in [0.2, 0.25) is 0 Å². The zero-order valence-electron chi connectivity index (χ0n) is 11.1. The Balaban J connectivity index is 2.44. The van der Waals surface area contributed by atoms with E-state index in [0.29, 0.717) is 16.6 Å². The molecule has 2 rings (SSSR count). The quantitative estimate of drug-likeness (QED) is 0.647. The average Bonchev–Trinajstić information content (AvgIpc) is 2.44. The van der Waals surface area contributed by atoms with Crippen LogP contribution in [-0.4, -0.2) is 6.61 Å². The molecule has 0 aliphatic rings. The Hall–Kier alpha value is -1.43. The first-order valence-corrected chi connectivity index (χ1v) is 7.09. The number of hydrazine groups is 1. The van der Waals surface area contributed by atoms with Crippen LogP contribution in [0.4, 0.5) is 4.39 Å². The van der Waals surface area contributed by atoms with Crippen molar-refractivity contribution in [2.75, 3.05) is 6.61 Å². The van der Waals surface area contributed by atoms with Gasteiger partial charge in [0.15, 0.2) is 0 Å². The van der Waals surface area contributed by atoms with Gasteiger partial charge in [-0.25, -0.2) is 9.82 Å². The van der Waals surface area contributed by atoms with Crippen molar-refractivity contribution < 1.29 is 9.13 Å². The molecule has 0 amide bonds. The molecule has 5 heteroatoms. The van der Waals surface area contributed by atoms with Crippen molar-refractivity contribution in [3.63, 3.8) is 0 Å². The summed E-state index contributed by atoms with van der Waals surface area (Å²) in [4.78, 5) is 0. The van der Waals surface area contributed by atoms with Crippen LogP contribution >= 0.6 is 15.9 Å². The first-order valence-electron chi connectivity index (χ1n) is 6.30. The molecule has 0 aliphatic carbocycles. The van der Waals surface area contributed by atoms with Crippen molar-refractivity contribution in [2.24, 2.45) is 5.84 Å². The summed E-state index contributed by atoms with van der Waals surface area (Å²) in [5.41, 5.74) is 3.97. The molecule has 0 radical (unpaired) electrons. The maximum Gasteiger partial charge on any atom is 0.129 e. The summed E-state index contributed by atoms with van der Waals surface area (Å²) in [6, 6.07) is 11.8. The number of hydrogen-bond donors (Lipinski definition) is 2. The van der Waals surface area contributed by atoms with E-state index < -0.39 is 6.04 Å². The topological polar surface area (TPSA) is 47.3 Å². The Morgan fingerprint density at radius 3 is 2.70 bits per heavy atom. The van der Waals surface area contributed by atoms with Crippen molar-refractivity contribution in [3.8, 4) is 5.75 Å². The molecule has 0 aliphatic heterocycles. The summed E-state index contributed by atoms with van der Waals surface area (Å²) < 4.78 is 20.2. The first-order chi connectivity index (χ1) is 9.67. The van der Waals surface area contributed by atoms with Crippen molar-refractivity contribution in [2.45, 2.75) is 13.0 Å². The van der Waals surface area contributed by atoms with E-state index in [1.165, 1.54) is 6.07 Å². The third-order valence-electron chi connectivity index (χ3n) is 2.96. The molecule has 0 spiro atoms. The molecule has 3 N–H and O–H groups in total. The predicted molar refractivity (Wildman–Crippen MR) is 80.9 cm³/mol. The van der Waals surface area contributed by atoms with Crippen LogP contribution < -0.4 is 16.0 Å². The van der Waals surface area contributed by atoms with Crippen LogP contribution in [0.2, 0.25) is 0 Å². The van der Waals surface area contributed by atoms with Gasteiger partial charge >= 0.3 is 0 Å². The van der Waals surface area contributed by atoms with E-state index in [9.17, 15) is 4.39 Å². The number of benzene rings is 2. The number of nitrogens with two attached hydrogens (primary N) is 1. The Morgan fingerprint density at radius 1 is 1.30 bits per heavy atom. The van der Waals surface area contributed by atoms with Gasteiger partial charge in [0.25, 0.3) is 0 Å². The molecule has 3 nitrogen and oxygen atoms in total. The highest BCUT2D eigenvalue weighted by molar-refractivity contribution is 9.10. The summed E-state index contributed by atoms with van der Waals surface area (Å²) in [6.45, 7) is 2.49. The van der Waals surface area contributed by atoms with Gasteiger partial charge < -0.3 is 4.74 Å². The summed E-state index contributed by atoms with van der Waals surface area (Å²) >= 11 is 3.37. The van der Waals surface area contributed by atoms with Gasteiger partial charge in [-0.3, -0.25) is 5.84 Å². The Labute approximate surface area is 126 Å². The van der Waals surface area contributed by atoms with Crippen LogP contribution in [0.1, 0.15) is 24.1 Å². The Morgan fingerprint density at radius 2 is 2.05 bits per heavy atom. The molecule has 0 saturated heterocycles. The summed E-state index contributed by atoms with van der Waals surface area (Å²) in [5.74, 6) is 6.04. The first kappa shape index (κ1) is 15.0. The van der Waals surface area contributed by atoms with Crippen LogP contribution in [0.5, 0.6) is 5.75 Å². The van der Waals surface area contributed by atoms with Gasteiger partial charge in [-0.1, -0.05) is 34.1 Å². The van der Waals surface area contributed by atoms with Crippen molar-refractivity contribution in [1.29, 1.82) is 0 Å². The average molecular weight is 339 g/mol. The normalized spacial score (nSPS) is 12.2. The number of ether oxygens (including phenoxy) is 1. The van der Waals surface area contributed by atoms with Gasteiger partial charge in [0.1, 0.15) is 11.6 Å². The highest BCUT2D eigenvalue weighted by atomic mass is 79.9. The lowest BCUT2D eigenvalue weighted by Crippen LogP contribution is -2.29. The number of nitrogens with one attached hydrogen (secondary N) is 1. The fourth-order valence-electron chi connectivity index (χ4n) is 2.08. The minimum absolute atomic E-state index is 0.316. The molecule has 20 heavy (non-hydrogen) atoms. The second-order valence-electron chi connectivity index (χ2n) is 4.24. The van der Waals surface area contributed by atoms with Crippen molar-refractivity contribution in [1.82, 2.24) is 5.43 Å². The van der Waals surface area contributed by atoms with E-state index in [4.69, 9.17) is 10.6 Å². The van der Waals surface area contributed by atoms with E-state index in [0.717, 1.165) is 11.3 Å². The second-order valence-corrected chi connectivity index (χ2v) is 5.09. The summed E-state index contributed by atoms with van der Waals surface area (Å²) in [5, 5.41) is 0. The molecule has 2 aromatic carbocycles. The van der Waals surface area contributed by atoms with Crippen LogP contribution in [0.15, 0.2) is 46.9 Å². The van der Waals surface area contributed by atoms with Crippen LogP contribution in [0.25, 0.3) is 0 Å². The van der Waals surface area contributed by atoms with Crippen LogP contribution in [-0.2, 0) is 0 Å². The SMILES string of the molecule is CCOc1cccc(C(NN)c2c(F)cccc2Br)c1. The summed E-state index contributed by atoms with van der Waals surface area (Å²) in [6.07, 6.45) is 0. The Bertz CT molecular complexity index is 572. The molecule has 0 bridgehead atoms. The molecule has 1 atom stereocenters. The molecule has 2 aromatic rings. The van der Waals surface area contributed by atoms with E-state index in [1.54, 1.807) is 12.1 Å². The number of rotatable bonds is 5. The second kappa shape index (κ2) is 6.83. The predicted octanol–water partition coefficient (Wildman–Crippen LogP) is 3.54. The highest BCUT2D eigenvalue weighted by Gasteiger charge is 2.19. The smallest absolute Gasteiger partial charge is 0.129 e. The summed E-state index contributed by atoms with van der Waals surface area (Å²) in [7, 11) is 0. The largest absolute Gasteiger partial charge is 0.494 e. The van der Waals surface area contributed by atoms with E-state index in [-0.39, 0.29) is 5.82 Å². The van der Waals surface area contributed by atoms with Crippen molar-refractivity contribution in [3.05, 3.63) is 63.9 Å². The molecular formula is C15H16BrFN2O. The van der Waals surface area contributed by atoms with E-state index in [1.807, 2.05) is 31.2 Å². The zero-order chi connectivity index (χ0) is 14.5. The zero-order valence-corrected chi connectivity index (χ0v) is 12.7. The molecule has 106 valence electrons. The van der Waals surface area contributed by atoms with E-state index >= 15 is 0 Å². The lowest BCUT2D eigenvalue weighted by molar-refractivity contribution is 0.339. The van der Waals surface area contributed by atoms with Gasteiger partial charge in [-0.05, 0) is 36.8 Å². The molecule has 0 aromatic heterocycles. The maximum absolute atomic E-state index is 14.1. The van der Waals surface area contributed by atoms with Gasteiger partial charge in [-0.2, -0.15) is 0 Å². The molecule has 0 saturated carbocycles. The lowest BCUT2D eigenvalue weighted by atomic mass is 9.98. The van der Waals surface area contributed by atoms with Gasteiger partial charge in [0, 0.05) is 10.0 Å². The van der Waals surface area contributed by atoms with E-state index in [2.05, 4.69) is 21.4 Å². The molecule has 1 unspecified atom stereocenters. The van der Waals surface area contributed by atoms with Crippen LogP contribution in [0, 0.1) is 5.82 Å². The van der Waals surface area contributed by atoms with Crippen molar-refractivity contribution >= 4 is 15.9 Å². The minimum Gasteiger partial charge on any atom is -0.494 e. The fourth-order valence-corrected chi connectivity index (χ4v) is 2.65. The van der Waals surface area contributed by atoms with Gasteiger partial charge in [0.05, 0.1) is 12.6 Å². The molecule has 0 heterocycles. The standard InChI is InChI=1S/C15H16BrFN2O/c1-2-20-11-6-3-5-10(9-11)15(19-18)14-12(16)7-4-8-13(14)17/h3-9,15,19H,2,18H2,1H3. The Kier molecular flexibility index (Phi) is 5.11. The maximum atomic E-state index is 14.1.